The summed E-state index contributed by atoms with van der Waals surface area (Å²) in [6, 6.07) is 27.8. The highest BCUT2D eigenvalue weighted by Crippen LogP contribution is 2.34. The number of nitrogens with zero attached hydrogens (tertiary/aromatic N) is 2. The molecule has 4 aromatic carbocycles. The largest absolute Gasteiger partial charge is 0.493 e. The Morgan fingerprint density at radius 1 is 0.667 bits per heavy atom. The lowest BCUT2D eigenvalue weighted by molar-refractivity contribution is -0.108. The smallest absolute Gasteiger partial charge is 0.293 e. The number of carbonyl (C=O) groups is 2. The molecule has 7 rings (SSSR count). The van der Waals surface area contributed by atoms with Gasteiger partial charge < -0.3 is 5.11 Å². The maximum atomic E-state index is 12.7. The van der Waals surface area contributed by atoms with Gasteiger partial charge in [-0.15, -0.1) is 0 Å². The number of rotatable bonds is 5. The van der Waals surface area contributed by atoms with Crippen molar-refractivity contribution in [3.05, 3.63) is 123 Å². The number of Topliss-reactive ketones (excluding diaryl/α,β-unsaturated/α-hetero) is 1. The average molecular weight is 665 g/mol. The lowest BCUT2D eigenvalue weighted by Crippen LogP contribution is -2.21. The highest BCUT2D eigenvalue weighted by Gasteiger charge is 2.25. The van der Waals surface area contributed by atoms with Crippen LogP contribution in [0.4, 0.5) is 0 Å². The molecule has 8 nitrogen and oxygen atoms in total. The molecule has 1 aromatic heterocycles. The Kier molecular flexibility index (Phi) is 11.1. The lowest BCUT2D eigenvalue weighted by atomic mass is 9.96. The molecule has 0 atom stereocenters. The molecule has 0 unspecified atom stereocenters. The lowest BCUT2D eigenvalue weighted by Gasteiger charge is -2.09. The summed E-state index contributed by atoms with van der Waals surface area (Å²) in [5.41, 5.74) is 15.6. The number of fused-ring (bicyclic) bond motifs is 1. The Balaban J connectivity index is 0.000000167. The fourth-order valence-electron chi connectivity index (χ4n) is 5.79. The molecule has 1 saturated heterocycles. The molecular weight excluding hydrogens is 624 g/mol. The summed E-state index contributed by atoms with van der Waals surface area (Å²) in [5.74, 6) is -0.574. The number of aryl methyl sites for hydroxylation is 4. The minimum absolute atomic E-state index is 0.0849. The van der Waals surface area contributed by atoms with Gasteiger partial charge in [0.25, 0.3) is 10.8 Å². The van der Waals surface area contributed by atoms with Gasteiger partial charge >= 0.3 is 0 Å². The molecule has 2 aliphatic heterocycles. The van der Waals surface area contributed by atoms with Crippen molar-refractivity contribution < 1.29 is 14.7 Å². The quantitative estimate of drug-likeness (QED) is 0.105. The summed E-state index contributed by atoms with van der Waals surface area (Å²) >= 11 is 5.27. The van der Waals surface area contributed by atoms with Crippen LogP contribution in [0.15, 0.2) is 89.7 Å². The number of nitrogens with one attached hydrogen (secondary N) is 2. The Labute approximate surface area is 286 Å². The molecule has 0 saturated carbocycles. The standard InChI is InChI=1S/C20H20N2O2.C16H13ClO2.C3H8N2/c1-13-4-7-15(8-5-13)16-9-6-14(2)17(12-16)18-19(23)21-10-3-11-22(21)20(18)24;1-10-3-6-12(7-4-10)13-8-5-11(2)14(9-13)15(18)16(17)19;1-2-4-5-3-1/h4-9,12,23H,3,10-11H2,1-2H3;3-9H,1-2H3;4-5H,1-3H2. The third kappa shape index (κ3) is 7.85. The number of aromatic nitrogens is 2. The number of carbonyl (C=O) groups excluding carboxylic acids is 2. The minimum Gasteiger partial charge on any atom is -0.493 e. The van der Waals surface area contributed by atoms with Gasteiger partial charge in [0, 0.05) is 31.7 Å². The molecule has 0 aliphatic carbocycles. The van der Waals surface area contributed by atoms with Crippen molar-refractivity contribution in [3.63, 3.8) is 0 Å². The molecule has 0 amide bonds. The summed E-state index contributed by atoms with van der Waals surface area (Å²) in [5, 5.41) is 9.59. The Hall–Kier alpha value is -4.76. The van der Waals surface area contributed by atoms with Gasteiger partial charge in [0.2, 0.25) is 11.7 Å². The Bertz CT molecular complexity index is 1980. The second-order valence-electron chi connectivity index (χ2n) is 12.2. The molecule has 3 heterocycles. The zero-order valence-corrected chi connectivity index (χ0v) is 28.5. The molecule has 9 heteroatoms. The fraction of sp³-hybridized carbons (Fsp3) is 0.256. The van der Waals surface area contributed by atoms with Crippen LogP contribution < -0.4 is 16.4 Å². The first kappa shape index (κ1) is 34.6. The van der Waals surface area contributed by atoms with Crippen LogP contribution in [-0.4, -0.2) is 38.6 Å². The topological polar surface area (TPSA) is 105 Å². The van der Waals surface area contributed by atoms with E-state index >= 15 is 0 Å². The van der Waals surface area contributed by atoms with Crippen LogP contribution in [0, 0.1) is 27.7 Å². The zero-order chi connectivity index (χ0) is 34.4. The van der Waals surface area contributed by atoms with Crippen LogP contribution in [0.5, 0.6) is 5.88 Å². The van der Waals surface area contributed by atoms with Crippen molar-refractivity contribution in [1.82, 2.24) is 20.2 Å². The minimum atomic E-state index is -0.954. The number of aromatic hydroxyl groups is 1. The second-order valence-corrected chi connectivity index (χ2v) is 12.5. The van der Waals surface area contributed by atoms with Gasteiger partial charge in [-0.05, 0) is 103 Å². The van der Waals surface area contributed by atoms with E-state index in [0.29, 0.717) is 24.2 Å². The van der Waals surface area contributed by atoms with Crippen molar-refractivity contribution in [3.8, 4) is 39.3 Å². The summed E-state index contributed by atoms with van der Waals surface area (Å²) in [6.45, 7) is 11.5. The van der Waals surface area contributed by atoms with Crippen molar-refractivity contribution in [2.45, 2.75) is 53.6 Å². The molecule has 0 spiro atoms. The van der Waals surface area contributed by atoms with E-state index < -0.39 is 11.0 Å². The number of benzene rings is 4. The predicted octanol–water partition coefficient (Wildman–Crippen LogP) is 7.11. The number of hydrogen-bond donors (Lipinski definition) is 3. The van der Waals surface area contributed by atoms with Gasteiger partial charge in [-0.1, -0.05) is 83.9 Å². The molecule has 0 bridgehead atoms. The number of hydrazine groups is 1. The number of halogens is 1. The van der Waals surface area contributed by atoms with E-state index in [0.717, 1.165) is 58.5 Å². The number of ketones is 1. The van der Waals surface area contributed by atoms with Crippen LogP contribution >= 0.6 is 11.6 Å². The first-order valence-electron chi connectivity index (χ1n) is 16.1. The van der Waals surface area contributed by atoms with Crippen LogP contribution in [0.25, 0.3) is 33.4 Å². The van der Waals surface area contributed by atoms with Gasteiger partial charge in [-0.25, -0.2) is 4.68 Å². The van der Waals surface area contributed by atoms with E-state index in [9.17, 15) is 19.5 Å². The zero-order valence-electron chi connectivity index (χ0n) is 27.8. The monoisotopic (exact) mass is 664 g/mol. The summed E-state index contributed by atoms with van der Waals surface area (Å²) in [6.07, 6.45) is 2.17. The molecular formula is C39H41ClN4O4. The van der Waals surface area contributed by atoms with Gasteiger partial charge in [-0.2, -0.15) is 0 Å². The Morgan fingerprint density at radius 2 is 1.17 bits per heavy atom. The Morgan fingerprint density at radius 3 is 1.67 bits per heavy atom. The molecule has 0 radical (unpaired) electrons. The van der Waals surface area contributed by atoms with E-state index in [2.05, 4.69) is 48.1 Å². The molecule has 1 fully saturated rings. The van der Waals surface area contributed by atoms with Crippen molar-refractivity contribution in [2.75, 3.05) is 13.1 Å². The maximum absolute atomic E-state index is 12.7. The van der Waals surface area contributed by atoms with Gasteiger partial charge in [0.1, 0.15) is 5.56 Å². The normalized spacial score (nSPS) is 13.2. The van der Waals surface area contributed by atoms with E-state index in [1.54, 1.807) is 22.4 Å². The van der Waals surface area contributed by atoms with E-state index in [-0.39, 0.29) is 11.4 Å². The highest BCUT2D eigenvalue weighted by molar-refractivity contribution is 6.83. The van der Waals surface area contributed by atoms with Crippen molar-refractivity contribution in [1.29, 1.82) is 0 Å². The molecule has 248 valence electrons. The van der Waals surface area contributed by atoms with Gasteiger partial charge in [-0.3, -0.25) is 29.9 Å². The molecule has 3 N–H and O–H groups in total. The van der Waals surface area contributed by atoms with Gasteiger partial charge in [0.05, 0.1) is 0 Å². The third-order valence-electron chi connectivity index (χ3n) is 8.61. The maximum Gasteiger partial charge on any atom is 0.293 e. The van der Waals surface area contributed by atoms with E-state index in [4.69, 9.17) is 11.6 Å². The van der Waals surface area contributed by atoms with Crippen molar-refractivity contribution in [2.24, 2.45) is 0 Å². The molecule has 2 aliphatic rings. The second kappa shape index (κ2) is 15.4. The average Bonchev–Trinajstić information content (AvgIpc) is 3.86. The third-order valence-corrected chi connectivity index (χ3v) is 8.79. The predicted molar refractivity (Wildman–Crippen MR) is 192 cm³/mol. The van der Waals surface area contributed by atoms with Crippen LogP contribution in [0.1, 0.15) is 45.5 Å². The number of hydrogen-bond acceptors (Lipinski definition) is 6. The molecule has 5 aromatic rings. The van der Waals surface area contributed by atoms with E-state index in [1.807, 2.05) is 62.4 Å². The highest BCUT2D eigenvalue weighted by atomic mass is 35.5. The van der Waals surface area contributed by atoms with Gasteiger partial charge in [0.15, 0.2) is 0 Å². The SMILES string of the molecule is C1CNNC1.Cc1ccc(-c2ccc(C)c(-c3c(O)n4n(c3=O)CCC4)c2)cc1.Cc1ccc(-c2ccc(C)c(C(=O)C(=O)Cl)c2)cc1. The summed E-state index contributed by atoms with van der Waals surface area (Å²) in [7, 11) is 0. The first-order valence-corrected chi connectivity index (χ1v) is 16.5. The molecule has 48 heavy (non-hydrogen) atoms. The van der Waals surface area contributed by atoms with Crippen LogP contribution in [0.2, 0.25) is 0 Å². The van der Waals surface area contributed by atoms with Crippen LogP contribution in [-0.2, 0) is 17.9 Å². The van der Waals surface area contributed by atoms with Crippen molar-refractivity contribution >= 4 is 22.6 Å². The van der Waals surface area contributed by atoms with Crippen LogP contribution in [0.3, 0.4) is 0 Å². The first-order chi connectivity index (χ1) is 23.0. The summed E-state index contributed by atoms with van der Waals surface area (Å²) < 4.78 is 3.33. The van der Waals surface area contributed by atoms with E-state index in [1.165, 1.54) is 17.5 Å². The summed E-state index contributed by atoms with van der Waals surface area (Å²) in [4.78, 5) is 35.4. The fourth-order valence-corrected chi connectivity index (χ4v) is 5.89.